The average molecular weight is 489 g/mol. The molecule has 2 amide bonds. The molecule has 7 nitrogen and oxygen atoms in total. The second kappa shape index (κ2) is 10.2. The van der Waals surface area contributed by atoms with Gasteiger partial charge < -0.3 is 4.74 Å². The first-order chi connectivity index (χ1) is 16.2. The topological polar surface area (TPSA) is 92.8 Å². The van der Waals surface area contributed by atoms with Crippen LogP contribution in [0, 0.1) is 11.7 Å². The van der Waals surface area contributed by atoms with E-state index in [1.165, 1.54) is 11.0 Å². The second-order valence-electron chi connectivity index (χ2n) is 8.97. The molecule has 9 heteroatoms. The van der Waals surface area contributed by atoms with E-state index in [9.17, 15) is 22.4 Å². The van der Waals surface area contributed by atoms with Gasteiger partial charge in [-0.3, -0.25) is 14.5 Å². The van der Waals surface area contributed by atoms with Crippen molar-refractivity contribution in [3.63, 3.8) is 0 Å². The number of hydrogen-bond donors (Lipinski definition) is 1. The van der Waals surface area contributed by atoms with Crippen molar-refractivity contribution in [2.45, 2.75) is 45.1 Å². The smallest absolute Gasteiger partial charge is 0.261 e. The van der Waals surface area contributed by atoms with E-state index in [4.69, 9.17) is 4.74 Å². The van der Waals surface area contributed by atoms with E-state index in [1.807, 2.05) is 0 Å². The molecule has 1 aliphatic carbocycles. The molecule has 2 aliphatic rings. The molecular weight excluding hydrogens is 459 g/mol. The lowest BCUT2D eigenvalue weighted by molar-refractivity contribution is 0.0651. The van der Waals surface area contributed by atoms with Gasteiger partial charge in [-0.15, -0.1) is 0 Å². The third kappa shape index (κ3) is 5.82. The number of fused-ring (bicyclic) bond motifs is 1. The molecule has 0 unspecified atom stereocenters. The summed E-state index contributed by atoms with van der Waals surface area (Å²) in [6.45, 7) is 2.44. The maximum atomic E-state index is 14.0. The lowest BCUT2D eigenvalue weighted by Crippen LogP contribution is -2.31. The van der Waals surface area contributed by atoms with Crippen molar-refractivity contribution in [3.05, 3.63) is 65.0 Å². The number of hydrogen-bond acceptors (Lipinski definition) is 5. The van der Waals surface area contributed by atoms with Crippen LogP contribution < -0.4 is 9.46 Å². The Labute approximate surface area is 199 Å². The van der Waals surface area contributed by atoms with Gasteiger partial charge in [0.2, 0.25) is 10.0 Å². The Bertz CT molecular complexity index is 1140. The lowest BCUT2D eigenvalue weighted by Gasteiger charge is -2.17. The van der Waals surface area contributed by atoms with E-state index in [0.717, 1.165) is 12.8 Å². The summed E-state index contributed by atoms with van der Waals surface area (Å²) >= 11 is 0. The number of sulfonamides is 1. The standard InChI is InChI=1S/C25H29FN2O5S/c1-17(19-11-12-22(26)23(15-19)33-16-18-9-10-18)27-34(31,32)14-6-2-5-13-28-24(29)20-7-3-4-8-21(20)25(28)30/h3-4,7-8,11-12,15,17-18,27H,2,5-6,9-10,13-14,16H2,1H3/t17-/m1/s1. The number of nitrogens with one attached hydrogen (secondary N) is 1. The second-order valence-corrected chi connectivity index (χ2v) is 10.8. The van der Waals surface area contributed by atoms with Gasteiger partial charge >= 0.3 is 0 Å². The minimum atomic E-state index is -3.56. The fourth-order valence-corrected chi connectivity index (χ4v) is 5.35. The summed E-state index contributed by atoms with van der Waals surface area (Å²) in [4.78, 5) is 26.0. The molecule has 1 heterocycles. The Morgan fingerprint density at radius 1 is 1.06 bits per heavy atom. The minimum Gasteiger partial charge on any atom is -0.490 e. The number of benzene rings is 2. The molecule has 2 aromatic carbocycles. The summed E-state index contributed by atoms with van der Waals surface area (Å²) in [6, 6.07) is 10.6. The molecule has 1 atom stereocenters. The molecular formula is C25H29FN2O5S. The van der Waals surface area contributed by atoms with Gasteiger partial charge in [-0.05, 0) is 68.4 Å². The number of unbranched alkanes of at least 4 members (excludes halogenated alkanes) is 2. The summed E-state index contributed by atoms with van der Waals surface area (Å²) in [5, 5.41) is 0. The van der Waals surface area contributed by atoms with Crippen molar-refractivity contribution in [2.75, 3.05) is 18.9 Å². The van der Waals surface area contributed by atoms with Crippen LogP contribution in [0.5, 0.6) is 5.75 Å². The third-order valence-electron chi connectivity index (χ3n) is 6.16. The number of imide groups is 1. The zero-order valence-corrected chi connectivity index (χ0v) is 19.9. The van der Waals surface area contributed by atoms with E-state index in [1.54, 1.807) is 43.3 Å². The molecule has 4 rings (SSSR count). The highest BCUT2D eigenvalue weighted by Gasteiger charge is 2.34. The van der Waals surface area contributed by atoms with Gasteiger partial charge in [0, 0.05) is 12.6 Å². The minimum absolute atomic E-state index is 0.0777. The van der Waals surface area contributed by atoms with Gasteiger partial charge in [0.05, 0.1) is 23.5 Å². The summed E-state index contributed by atoms with van der Waals surface area (Å²) < 4.78 is 47.2. The monoisotopic (exact) mass is 488 g/mol. The Morgan fingerprint density at radius 2 is 1.74 bits per heavy atom. The molecule has 182 valence electrons. The Kier molecular flexibility index (Phi) is 7.33. The van der Waals surface area contributed by atoms with Crippen LogP contribution in [0.3, 0.4) is 0 Å². The zero-order valence-electron chi connectivity index (χ0n) is 19.1. The molecule has 1 fully saturated rings. The highest BCUT2D eigenvalue weighted by atomic mass is 32.2. The van der Waals surface area contributed by atoms with Crippen LogP contribution in [0.4, 0.5) is 4.39 Å². The number of rotatable bonds is 12. The van der Waals surface area contributed by atoms with Crippen LogP contribution in [-0.4, -0.2) is 44.0 Å². The van der Waals surface area contributed by atoms with Crippen molar-refractivity contribution in [1.82, 2.24) is 9.62 Å². The molecule has 1 saturated carbocycles. The molecule has 34 heavy (non-hydrogen) atoms. The van der Waals surface area contributed by atoms with Crippen LogP contribution >= 0.6 is 0 Å². The van der Waals surface area contributed by atoms with Gasteiger partial charge in [0.15, 0.2) is 11.6 Å². The predicted octanol–water partition coefficient (Wildman–Crippen LogP) is 4.06. The van der Waals surface area contributed by atoms with Gasteiger partial charge in [-0.2, -0.15) is 0 Å². The summed E-state index contributed by atoms with van der Waals surface area (Å²) in [5.41, 5.74) is 1.45. The molecule has 0 aromatic heterocycles. The van der Waals surface area contributed by atoms with Crippen molar-refractivity contribution in [1.29, 1.82) is 0 Å². The molecule has 1 N–H and O–H groups in total. The lowest BCUT2D eigenvalue weighted by atomic mass is 10.1. The quantitative estimate of drug-likeness (QED) is 0.359. The number of carbonyl (C=O) groups excluding carboxylic acids is 2. The van der Waals surface area contributed by atoms with Crippen LogP contribution in [0.25, 0.3) is 0 Å². The van der Waals surface area contributed by atoms with Crippen molar-refractivity contribution < 1.29 is 27.1 Å². The molecule has 0 bridgehead atoms. The number of carbonyl (C=O) groups is 2. The normalized spacial score (nSPS) is 16.6. The Balaban J connectivity index is 1.22. The fraction of sp³-hybridized carbons (Fsp3) is 0.440. The van der Waals surface area contributed by atoms with Gasteiger partial charge in [0.1, 0.15) is 0 Å². The van der Waals surface area contributed by atoms with E-state index in [2.05, 4.69) is 4.72 Å². The predicted molar refractivity (Wildman–Crippen MR) is 126 cm³/mol. The number of nitrogens with zero attached hydrogens (tertiary/aromatic N) is 1. The average Bonchev–Trinajstić information content (AvgIpc) is 3.60. The number of halogens is 1. The maximum absolute atomic E-state index is 14.0. The first-order valence-corrected chi connectivity index (χ1v) is 13.3. The summed E-state index contributed by atoms with van der Waals surface area (Å²) in [6.07, 6.45) is 3.66. The largest absolute Gasteiger partial charge is 0.490 e. The third-order valence-corrected chi connectivity index (χ3v) is 7.69. The van der Waals surface area contributed by atoms with Crippen molar-refractivity contribution in [2.24, 2.45) is 5.92 Å². The van der Waals surface area contributed by atoms with Crippen LogP contribution in [0.1, 0.15) is 71.3 Å². The van der Waals surface area contributed by atoms with E-state index >= 15 is 0 Å². The van der Waals surface area contributed by atoms with Gasteiger partial charge in [-0.25, -0.2) is 17.5 Å². The van der Waals surface area contributed by atoms with Crippen LogP contribution in [0.15, 0.2) is 42.5 Å². The Morgan fingerprint density at radius 3 is 2.38 bits per heavy atom. The highest BCUT2D eigenvalue weighted by molar-refractivity contribution is 7.89. The van der Waals surface area contributed by atoms with Gasteiger partial charge in [0.25, 0.3) is 11.8 Å². The number of amides is 2. The molecule has 0 spiro atoms. The van der Waals surface area contributed by atoms with Crippen molar-refractivity contribution >= 4 is 21.8 Å². The molecule has 0 saturated heterocycles. The first-order valence-electron chi connectivity index (χ1n) is 11.6. The van der Waals surface area contributed by atoms with Crippen LogP contribution in [-0.2, 0) is 10.0 Å². The van der Waals surface area contributed by atoms with E-state index in [0.29, 0.717) is 48.5 Å². The fourth-order valence-electron chi connectivity index (χ4n) is 3.97. The molecule has 0 radical (unpaired) electrons. The van der Waals surface area contributed by atoms with Crippen molar-refractivity contribution in [3.8, 4) is 5.75 Å². The summed E-state index contributed by atoms with van der Waals surface area (Å²) in [7, 11) is -3.56. The van der Waals surface area contributed by atoms with E-state index < -0.39 is 21.9 Å². The zero-order chi connectivity index (χ0) is 24.3. The number of ether oxygens (including phenoxy) is 1. The van der Waals surface area contributed by atoms with Crippen LogP contribution in [0.2, 0.25) is 0 Å². The molecule has 1 aliphatic heterocycles. The highest BCUT2D eigenvalue weighted by Crippen LogP contribution is 2.31. The molecule has 2 aromatic rings. The summed E-state index contributed by atoms with van der Waals surface area (Å²) in [5.74, 6) is -0.518. The SMILES string of the molecule is C[C@@H](NS(=O)(=O)CCCCCN1C(=O)c2ccccc2C1=O)c1ccc(F)c(OCC2CC2)c1. The first kappa shape index (κ1) is 24.3. The maximum Gasteiger partial charge on any atom is 0.261 e. The van der Waals surface area contributed by atoms with E-state index in [-0.39, 0.29) is 29.9 Å². The van der Waals surface area contributed by atoms with Gasteiger partial charge in [-0.1, -0.05) is 24.6 Å². The Hall–Kier alpha value is -2.78.